The molecule has 88 valence electrons. The smallest absolute Gasteiger partial charge is 0.166 e. The Balaban J connectivity index is 1.92. The topological polar surface area (TPSA) is 27.3 Å². The first-order valence-corrected chi connectivity index (χ1v) is 6.43. The Bertz CT molecular complexity index is 188. The van der Waals surface area contributed by atoms with Crippen molar-refractivity contribution in [1.82, 2.24) is 15.5 Å². The second-order valence-electron chi connectivity index (χ2n) is 4.05. The first kappa shape index (κ1) is 12.7. The molecule has 0 unspecified atom stereocenters. The Morgan fingerprint density at radius 3 is 2.53 bits per heavy atom. The highest BCUT2D eigenvalue weighted by atomic mass is 32.1. The van der Waals surface area contributed by atoms with Crippen LogP contribution in [0.3, 0.4) is 0 Å². The van der Waals surface area contributed by atoms with E-state index >= 15 is 0 Å². The van der Waals surface area contributed by atoms with Crippen LogP contribution in [0.4, 0.5) is 0 Å². The molecule has 0 radical (unpaired) electrons. The molecule has 0 saturated heterocycles. The molecule has 0 bridgehead atoms. The average molecular weight is 229 g/mol. The first-order valence-electron chi connectivity index (χ1n) is 6.03. The van der Waals surface area contributed by atoms with Gasteiger partial charge in [-0.05, 0) is 51.1 Å². The molecular formula is C11H23N3S. The molecule has 0 heterocycles. The maximum absolute atomic E-state index is 5.17. The average Bonchev–Trinajstić information content (AvgIpc) is 3.02. The maximum atomic E-state index is 5.17. The van der Waals surface area contributed by atoms with Gasteiger partial charge in [-0.15, -0.1) is 0 Å². The van der Waals surface area contributed by atoms with Crippen LogP contribution in [0.25, 0.3) is 0 Å². The van der Waals surface area contributed by atoms with Crippen molar-refractivity contribution in [2.75, 3.05) is 26.2 Å². The molecule has 15 heavy (non-hydrogen) atoms. The van der Waals surface area contributed by atoms with Gasteiger partial charge in [0, 0.05) is 12.6 Å². The van der Waals surface area contributed by atoms with E-state index in [4.69, 9.17) is 12.2 Å². The van der Waals surface area contributed by atoms with Crippen molar-refractivity contribution in [2.24, 2.45) is 0 Å². The van der Waals surface area contributed by atoms with E-state index in [9.17, 15) is 0 Å². The molecule has 0 atom stereocenters. The van der Waals surface area contributed by atoms with Gasteiger partial charge in [-0.25, -0.2) is 0 Å². The van der Waals surface area contributed by atoms with Gasteiger partial charge in [0.1, 0.15) is 0 Å². The third-order valence-electron chi connectivity index (χ3n) is 2.74. The largest absolute Gasteiger partial charge is 0.363 e. The van der Waals surface area contributed by atoms with Gasteiger partial charge in [0.2, 0.25) is 0 Å². The molecule has 0 amide bonds. The fourth-order valence-electron chi connectivity index (χ4n) is 1.51. The van der Waals surface area contributed by atoms with Crippen LogP contribution < -0.4 is 10.6 Å². The van der Waals surface area contributed by atoms with Crippen molar-refractivity contribution < 1.29 is 0 Å². The number of hydrogen-bond acceptors (Lipinski definition) is 2. The lowest BCUT2D eigenvalue weighted by Gasteiger charge is -2.18. The Labute approximate surface area is 98.6 Å². The summed E-state index contributed by atoms with van der Waals surface area (Å²) in [6, 6.07) is 0.660. The van der Waals surface area contributed by atoms with E-state index in [1.54, 1.807) is 0 Å². The summed E-state index contributed by atoms with van der Waals surface area (Å²) in [5, 5.41) is 7.36. The molecule has 1 saturated carbocycles. The fourth-order valence-corrected chi connectivity index (χ4v) is 1.78. The zero-order chi connectivity index (χ0) is 11.1. The maximum Gasteiger partial charge on any atom is 0.166 e. The van der Waals surface area contributed by atoms with Crippen molar-refractivity contribution in [3.63, 3.8) is 0 Å². The normalized spacial score (nSPS) is 15.4. The van der Waals surface area contributed by atoms with Gasteiger partial charge < -0.3 is 15.5 Å². The van der Waals surface area contributed by atoms with Crippen LogP contribution >= 0.6 is 12.2 Å². The molecule has 1 fully saturated rings. The quantitative estimate of drug-likeness (QED) is 0.509. The van der Waals surface area contributed by atoms with Crippen LogP contribution in [-0.4, -0.2) is 42.2 Å². The second kappa shape index (κ2) is 7.01. The predicted molar refractivity (Wildman–Crippen MR) is 69.2 cm³/mol. The highest BCUT2D eigenvalue weighted by Gasteiger charge is 2.21. The van der Waals surface area contributed by atoms with E-state index in [2.05, 4.69) is 29.4 Å². The van der Waals surface area contributed by atoms with E-state index in [0.29, 0.717) is 6.04 Å². The van der Waals surface area contributed by atoms with E-state index < -0.39 is 0 Å². The molecule has 1 rings (SSSR count). The molecule has 4 heteroatoms. The van der Waals surface area contributed by atoms with Gasteiger partial charge in [0.05, 0.1) is 0 Å². The Hall–Kier alpha value is -0.350. The van der Waals surface area contributed by atoms with Gasteiger partial charge >= 0.3 is 0 Å². The molecule has 1 aliphatic rings. The highest BCUT2D eigenvalue weighted by Crippen LogP contribution is 2.18. The zero-order valence-electron chi connectivity index (χ0n) is 9.88. The number of rotatable bonds is 7. The van der Waals surface area contributed by atoms with Crippen molar-refractivity contribution in [3.05, 3.63) is 0 Å². The third-order valence-corrected chi connectivity index (χ3v) is 3.01. The Kier molecular flexibility index (Phi) is 5.95. The summed E-state index contributed by atoms with van der Waals surface area (Å²) in [5.41, 5.74) is 0. The van der Waals surface area contributed by atoms with E-state index in [1.807, 2.05) is 0 Å². The molecule has 2 N–H and O–H groups in total. The second-order valence-corrected chi connectivity index (χ2v) is 4.46. The minimum absolute atomic E-state index is 0.660. The van der Waals surface area contributed by atoms with Crippen LogP contribution in [0, 0.1) is 0 Å². The van der Waals surface area contributed by atoms with Gasteiger partial charge in [0.25, 0.3) is 0 Å². The lowest BCUT2D eigenvalue weighted by molar-refractivity contribution is 0.300. The summed E-state index contributed by atoms with van der Waals surface area (Å²) < 4.78 is 0. The lowest BCUT2D eigenvalue weighted by Crippen LogP contribution is -2.38. The number of nitrogens with one attached hydrogen (secondary N) is 2. The zero-order valence-corrected chi connectivity index (χ0v) is 10.7. The van der Waals surface area contributed by atoms with Crippen LogP contribution in [0.5, 0.6) is 0 Å². The van der Waals surface area contributed by atoms with Crippen LogP contribution in [-0.2, 0) is 0 Å². The molecule has 0 aromatic heterocycles. The summed E-state index contributed by atoms with van der Waals surface area (Å²) in [4.78, 5) is 2.43. The number of thiocarbonyl (C=S) groups is 1. The Morgan fingerprint density at radius 2 is 2.00 bits per heavy atom. The summed E-state index contributed by atoms with van der Waals surface area (Å²) in [7, 11) is 0. The van der Waals surface area contributed by atoms with E-state index in [0.717, 1.165) is 37.7 Å². The summed E-state index contributed by atoms with van der Waals surface area (Å²) in [6.45, 7) is 8.83. The Morgan fingerprint density at radius 1 is 1.33 bits per heavy atom. The van der Waals surface area contributed by atoms with Crippen molar-refractivity contribution in [2.45, 2.75) is 39.2 Å². The SMILES string of the molecule is CCN(CC)CCCNC(=S)NC1CC1. The molecule has 0 spiro atoms. The van der Waals surface area contributed by atoms with Crippen molar-refractivity contribution in [1.29, 1.82) is 0 Å². The molecule has 1 aliphatic carbocycles. The van der Waals surface area contributed by atoms with Crippen molar-refractivity contribution >= 4 is 17.3 Å². The van der Waals surface area contributed by atoms with Gasteiger partial charge in [-0.2, -0.15) is 0 Å². The van der Waals surface area contributed by atoms with Crippen LogP contribution in [0.1, 0.15) is 33.1 Å². The van der Waals surface area contributed by atoms with Crippen LogP contribution in [0.2, 0.25) is 0 Å². The molecule has 3 nitrogen and oxygen atoms in total. The first-order chi connectivity index (χ1) is 7.26. The lowest BCUT2D eigenvalue weighted by atomic mass is 10.3. The van der Waals surface area contributed by atoms with Gasteiger partial charge in [-0.1, -0.05) is 13.8 Å². The number of hydrogen-bond donors (Lipinski definition) is 2. The monoisotopic (exact) mass is 229 g/mol. The fraction of sp³-hybridized carbons (Fsp3) is 0.909. The van der Waals surface area contributed by atoms with Gasteiger partial charge in [-0.3, -0.25) is 0 Å². The van der Waals surface area contributed by atoms with E-state index in [-0.39, 0.29) is 0 Å². The highest BCUT2D eigenvalue weighted by molar-refractivity contribution is 7.80. The van der Waals surface area contributed by atoms with Gasteiger partial charge in [0.15, 0.2) is 5.11 Å². The molecule has 0 aromatic carbocycles. The van der Waals surface area contributed by atoms with Crippen molar-refractivity contribution in [3.8, 4) is 0 Å². The molecular weight excluding hydrogens is 206 g/mol. The number of nitrogens with zero attached hydrogens (tertiary/aromatic N) is 1. The third kappa shape index (κ3) is 5.95. The minimum atomic E-state index is 0.660. The standard InChI is InChI=1S/C11H23N3S/c1-3-14(4-2)9-5-8-12-11(15)13-10-6-7-10/h10H,3-9H2,1-2H3,(H2,12,13,15). The predicted octanol–water partition coefficient (Wildman–Crippen LogP) is 1.34. The minimum Gasteiger partial charge on any atom is -0.363 e. The summed E-state index contributed by atoms with van der Waals surface area (Å²) in [5.74, 6) is 0. The van der Waals surface area contributed by atoms with Crippen LogP contribution in [0.15, 0.2) is 0 Å². The molecule has 0 aliphatic heterocycles. The summed E-state index contributed by atoms with van der Waals surface area (Å²) in [6.07, 6.45) is 3.72. The van der Waals surface area contributed by atoms with E-state index in [1.165, 1.54) is 12.8 Å². The summed E-state index contributed by atoms with van der Waals surface area (Å²) >= 11 is 5.17. The molecule has 0 aromatic rings.